The van der Waals surface area contributed by atoms with Crippen molar-refractivity contribution in [3.63, 3.8) is 0 Å². The van der Waals surface area contributed by atoms with E-state index in [9.17, 15) is 27.6 Å². The van der Waals surface area contributed by atoms with Crippen molar-refractivity contribution in [1.29, 1.82) is 0 Å². The van der Waals surface area contributed by atoms with Crippen LogP contribution in [0.15, 0.2) is 53.9 Å². The minimum absolute atomic E-state index is 0.0694. The van der Waals surface area contributed by atoms with E-state index in [0.717, 1.165) is 6.20 Å². The first kappa shape index (κ1) is 30.9. The van der Waals surface area contributed by atoms with Gasteiger partial charge < -0.3 is 20.1 Å². The number of likely N-dealkylation sites (N-methyl/N-ethyl adjacent to an activating group) is 1. The van der Waals surface area contributed by atoms with Crippen LogP contribution in [-0.2, 0) is 6.18 Å². The van der Waals surface area contributed by atoms with E-state index in [1.54, 1.807) is 11.0 Å². The van der Waals surface area contributed by atoms with E-state index in [0.29, 0.717) is 30.4 Å². The molecule has 3 aromatic rings. The average Bonchev–Trinajstić information content (AvgIpc) is 3.00. The molecule has 0 bridgehead atoms. The Labute approximate surface area is 250 Å². The predicted molar refractivity (Wildman–Crippen MR) is 156 cm³/mol. The summed E-state index contributed by atoms with van der Waals surface area (Å²) in [6, 6.07) is 3.17. The van der Waals surface area contributed by atoms with Crippen LogP contribution < -0.4 is 15.8 Å². The summed E-state index contributed by atoms with van der Waals surface area (Å²) >= 11 is 0. The first-order chi connectivity index (χ1) is 20.8. The molecule has 2 aromatic heterocycles. The molecule has 14 heteroatoms. The minimum atomic E-state index is -4.96. The van der Waals surface area contributed by atoms with E-state index in [1.165, 1.54) is 30.7 Å². The van der Waals surface area contributed by atoms with Gasteiger partial charge in [-0.1, -0.05) is 6.08 Å². The van der Waals surface area contributed by atoms with Crippen LogP contribution in [0.2, 0.25) is 0 Å². The maximum Gasteiger partial charge on any atom is 0.417 e. The van der Waals surface area contributed by atoms with Gasteiger partial charge >= 0.3 is 6.18 Å². The topological polar surface area (TPSA) is 115 Å². The minimum Gasteiger partial charge on any atom is -0.367 e. The Balaban J connectivity index is 1.51. The van der Waals surface area contributed by atoms with Gasteiger partial charge in [-0.2, -0.15) is 13.2 Å². The summed E-state index contributed by atoms with van der Waals surface area (Å²) in [5.41, 5.74) is -1.81. The van der Waals surface area contributed by atoms with E-state index in [-0.39, 0.29) is 54.4 Å². The number of piperazine rings is 1. The Kier molecular flexibility index (Phi) is 8.55. The first-order valence-corrected chi connectivity index (χ1v) is 14.0. The van der Waals surface area contributed by atoms with Crippen molar-refractivity contribution >= 4 is 28.8 Å². The highest BCUT2D eigenvalue weighted by Gasteiger charge is 2.36. The van der Waals surface area contributed by atoms with Crippen molar-refractivity contribution in [3.8, 4) is 0 Å². The summed E-state index contributed by atoms with van der Waals surface area (Å²) in [4.78, 5) is 53.4. The van der Waals surface area contributed by atoms with Crippen LogP contribution in [0.5, 0.6) is 0 Å². The highest BCUT2D eigenvalue weighted by atomic mass is 19.4. The number of carbonyl (C=O) groups excluding carboxylic acids is 2. The van der Waals surface area contributed by atoms with E-state index in [4.69, 9.17) is 0 Å². The van der Waals surface area contributed by atoms with Gasteiger partial charge in [-0.3, -0.25) is 24.3 Å². The molecule has 0 aliphatic carbocycles. The van der Waals surface area contributed by atoms with Crippen molar-refractivity contribution in [2.75, 3.05) is 43.4 Å². The number of H-pyrrole nitrogens is 1. The number of pyridine rings is 1. The molecule has 232 valence electrons. The molecule has 4 heterocycles. The molecule has 2 unspecified atom stereocenters. The fourth-order valence-corrected chi connectivity index (χ4v) is 5.53. The molecule has 2 N–H and O–H groups in total. The molecule has 10 nitrogen and oxygen atoms in total. The standard InChI is InChI=1S/C30H31F4N7O3/c1-17-15-41(16-18(2)39(17)3)26-12-23(31)20(19-4-8-40(9-5-19)29(44)25-14-35-6-7-36-25)10-24(26)38-28(43)21-13-37-27(42)11-22(21)30(32,33)34/h4,6-7,10-14,17-18H,5,8-9,15-16H2,1-3H3,(H,37,42)(H,38,43). The third kappa shape index (κ3) is 6.34. The van der Waals surface area contributed by atoms with Crippen molar-refractivity contribution in [3.05, 3.63) is 87.6 Å². The zero-order valence-corrected chi connectivity index (χ0v) is 24.3. The SMILES string of the molecule is CC1CN(c2cc(F)c(C3=CCN(C(=O)c4cnccn4)CC3)cc2NC(=O)c2c[nH]c(=O)cc2C(F)(F)F)CC(C)N1C. The maximum atomic E-state index is 15.8. The molecule has 0 radical (unpaired) electrons. The third-order valence-electron chi connectivity index (χ3n) is 8.13. The van der Waals surface area contributed by atoms with E-state index in [2.05, 4.69) is 25.2 Å². The molecular weight excluding hydrogens is 582 g/mol. The second-order valence-electron chi connectivity index (χ2n) is 11.0. The normalized spacial score (nSPS) is 19.5. The van der Waals surface area contributed by atoms with Gasteiger partial charge in [0.05, 0.1) is 28.7 Å². The molecular formula is C30H31F4N7O3. The molecule has 1 saturated heterocycles. The van der Waals surface area contributed by atoms with Gasteiger partial charge in [0.15, 0.2) is 0 Å². The fraction of sp³-hybridized carbons (Fsp3) is 0.367. The lowest BCUT2D eigenvalue weighted by Crippen LogP contribution is -2.55. The monoisotopic (exact) mass is 613 g/mol. The third-order valence-corrected chi connectivity index (χ3v) is 8.13. The Morgan fingerprint density at radius 1 is 1.09 bits per heavy atom. The van der Waals surface area contributed by atoms with Crippen LogP contribution in [0.3, 0.4) is 0 Å². The van der Waals surface area contributed by atoms with Crippen molar-refractivity contribution in [2.24, 2.45) is 0 Å². The number of nitrogens with zero attached hydrogens (tertiary/aromatic N) is 5. The molecule has 0 spiro atoms. The zero-order chi connectivity index (χ0) is 31.8. The number of amides is 2. The Morgan fingerprint density at radius 3 is 2.43 bits per heavy atom. The van der Waals surface area contributed by atoms with Crippen molar-refractivity contribution < 1.29 is 27.2 Å². The second kappa shape index (κ2) is 12.2. The molecule has 44 heavy (non-hydrogen) atoms. The van der Waals surface area contributed by atoms with E-state index in [1.807, 2.05) is 25.8 Å². The number of hydrogen-bond acceptors (Lipinski definition) is 7. The van der Waals surface area contributed by atoms with Gasteiger partial charge in [0.1, 0.15) is 11.5 Å². The zero-order valence-electron chi connectivity index (χ0n) is 24.3. The van der Waals surface area contributed by atoms with Gasteiger partial charge in [-0.05, 0) is 45.0 Å². The number of benzene rings is 1. The van der Waals surface area contributed by atoms with Crippen LogP contribution in [0, 0.1) is 5.82 Å². The second-order valence-corrected chi connectivity index (χ2v) is 11.0. The number of rotatable bonds is 5. The number of alkyl halides is 3. The van der Waals surface area contributed by atoms with Gasteiger partial charge in [0, 0.05) is 68.5 Å². The average molecular weight is 614 g/mol. The summed E-state index contributed by atoms with van der Waals surface area (Å²) in [6.07, 6.45) is 1.98. The number of anilines is 2. The van der Waals surface area contributed by atoms with E-state index >= 15 is 4.39 Å². The quantitative estimate of drug-likeness (QED) is 0.418. The Hall–Kier alpha value is -4.59. The number of carbonyl (C=O) groups is 2. The van der Waals surface area contributed by atoms with E-state index < -0.39 is 34.6 Å². The number of halogens is 4. The number of aromatic nitrogens is 3. The first-order valence-electron chi connectivity index (χ1n) is 14.0. The van der Waals surface area contributed by atoms with Gasteiger partial charge in [-0.15, -0.1) is 0 Å². The molecule has 2 atom stereocenters. The van der Waals surface area contributed by atoms with Crippen LogP contribution in [0.25, 0.3) is 5.57 Å². The smallest absolute Gasteiger partial charge is 0.367 e. The van der Waals surface area contributed by atoms with Gasteiger partial charge in [0.25, 0.3) is 11.8 Å². The molecule has 5 rings (SSSR count). The summed E-state index contributed by atoms with van der Waals surface area (Å²) < 4.78 is 57.0. The van der Waals surface area contributed by atoms with Crippen LogP contribution in [0.4, 0.5) is 28.9 Å². The van der Waals surface area contributed by atoms with Gasteiger partial charge in [-0.25, -0.2) is 9.37 Å². The number of nitrogens with one attached hydrogen (secondary N) is 2. The lowest BCUT2D eigenvalue weighted by Gasteiger charge is -2.44. The largest absolute Gasteiger partial charge is 0.417 e. The highest BCUT2D eigenvalue weighted by molar-refractivity contribution is 6.07. The Morgan fingerprint density at radius 2 is 1.82 bits per heavy atom. The lowest BCUT2D eigenvalue weighted by atomic mass is 9.96. The molecule has 1 aromatic carbocycles. The number of hydrogen-bond donors (Lipinski definition) is 2. The fourth-order valence-electron chi connectivity index (χ4n) is 5.53. The number of aromatic amines is 1. The highest BCUT2D eigenvalue weighted by Crippen LogP contribution is 2.37. The predicted octanol–water partition coefficient (Wildman–Crippen LogP) is 4.03. The molecule has 2 amide bonds. The van der Waals surface area contributed by atoms with Crippen molar-refractivity contribution in [2.45, 2.75) is 38.5 Å². The summed E-state index contributed by atoms with van der Waals surface area (Å²) in [6.45, 7) is 5.41. The molecule has 2 aliphatic rings. The molecule has 2 aliphatic heterocycles. The Bertz CT molecular complexity index is 1650. The lowest BCUT2D eigenvalue weighted by molar-refractivity contribution is -0.138. The molecule has 0 saturated carbocycles. The van der Waals surface area contributed by atoms with Crippen LogP contribution in [-0.4, -0.2) is 81.9 Å². The van der Waals surface area contributed by atoms with Crippen LogP contribution in [0.1, 0.15) is 52.2 Å². The maximum absolute atomic E-state index is 15.8. The summed E-state index contributed by atoms with van der Waals surface area (Å²) in [5.74, 6) is -2.00. The summed E-state index contributed by atoms with van der Waals surface area (Å²) in [7, 11) is 1.97. The van der Waals surface area contributed by atoms with Crippen molar-refractivity contribution in [1.82, 2.24) is 24.8 Å². The van der Waals surface area contributed by atoms with Gasteiger partial charge in [0.2, 0.25) is 5.56 Å². The van der Waals surface area contributed by atoms with Crippen LogP contribution >= 0.6 is 0 Å². The molecule has 1 fully saturated rings. The summed E-state index contributed by atoms with van der Waals surface area (Å²) in [5, 5.41) is 2.56.